The Morgan fingerprint density at radius 2 is 1.49 bits per heavy atom. The molecule has 1 aromatic heterocycles. The van der Waals surface area contributed by atoms with Gasteiger partial charge < -0.3 is 9.47 Å². The summed E-state index contributed by atoms with van der Waals surface area (Å²) < 4.78 is 152. The Kier molecular flexibility index (Phi) is 9.16. The highest BCUT2D eigenvalue weighted by Crippen LogP contribution is 2.35. The fourth-order valence-electron chi connectivity index (χ4n) is 3.06. The Morgan fingerprint density at radius 3 is 2.13 bits per heavy atom. The minimum Gasteiger partial charge on any atom is -0.484 e. The van der Waals surface area contributed by atoms with Crippen molar-refractivity contribution >= 4 is 32.7 Å². The number of alkyl halides is 9. The number of hydrogen-bond donors (Lipinski definition) is 1. The molecule has 0 aliphatic carbocycles. The predicted molar refractivity (Wildman–Crippen MR) is 122 cm³/mol. The standard InChI is InChI=1S/C22H17F9N2O4S2/c23-20(24,25)11-36-13-5-6-16(37-12-21(26,27)28)18(9-13)39(34,35)32-7-8-38-17-10-19(22(29,30)31)33-15-4-2-1-3-14(15)17/h1-6,9-10,32H,7-8,11-12H2. The maximum Gasteiger partial charge on any atom is 0.433 e. The summed E-state index contributed by atoms with van der Waals surface area (Å²) in [6.45, 7) is -4.10. The second-order valence-electron chi connectivity index (χ2n) is 7.68. The van der Waals surface area contributed by atoms with Crippen molar-refractivity contribution in [3.05, 3.63) is 54.2 Å². The molecule has 2 aromatic carbocycles. The first-order chi connectivity index (χ1) is 17.9. The van der Waals surface area contributed by atoms with Gasteiger partial charge in [-0.2, -0.15) is 39.5 Å². The van der Waals surface area contributed by atoms with E-state index < -0.39 is 70.4 Å². The number of thioether (sulfide) groups is 1. The molecular formula is C22H17F9N2O4S2. The first kappa shape index (κ1) is 30.6. The molecule has 0 spiro atoms. The van der Waals surface area contributed by atoms with Crippen LogP contribution in [0.3, 0.4) is 0 Å². The van der Waals surface area contributed by atoms with Crippen LogP contribution < -0.4 is 14.2 Å². The quantitative estimate of drug-likeness (QED) is 0.168. The van der Waals surface area contributed by atoms with E-state index in [0.29, 0.717) is 17.5 Å². The van der Waals surface area contributed by atoms with Gasteiger partial charge >= 0.3 is 18.5 Å². The number of para-hydroxylation sites is 1. The number of halogens is 9. The molecule has 0 aliphatic heterocycles. The van der Waals surface area contributed by atoms with Crippen LogP contribution in [-0.4, -0.2) is 51.3 Å². The summed E-state index contributed by atoms with van der Waals surface area (Å²) in [6.07, 6.45) is -14.4. The van der Waals surface area contributed by atoms with Gasteiger partial charge in [-0.25, -0.2) is 18.1 Å². The minimum absolute atomic E-state index is 0.0533. The fraction of sp³-hybridized carbons (Fsp3) is 0.318. The van der Waals surface area contributed by atoms with E-state index in [0.717, 1.165) is 23.9 Å². The summed E-state index contributed by atoms with van der Waals surface area (Å²) in [5.74, 6) is -1.54. The highest BCUT2D eigenvalue weighted by Gasteiger charge is 2.34. The molecule has 6 nitrogen and oxygen atoms in total. The van der Waals surface area contributed by atoms with E-state index >= 15 is 0 Å². The maximum absolute atomic E-state index is 13.2. The van der Waals surface area contributed by atoms with Gasteiger partial charge in [-0.15, -0.1) is 11.8 Å². The molecule has 0 fully saturated rings. The van der Waals surface area contributed by atoms with E-state index in [9.17, 15) is 47.9 Å². The molecule has 39 heavy (non-hydrogen) atoms. The molecule has 1 N–H and O–H groups in total. The number of hydrogen-bond acceptors (Lipinski definition) is 6. The molecule has 0 amide bonds. The minimum atomic E-state index is -4.85. The van der Waals surface area contributed by atoms with Crippen molar-refractivity contribution in [1.82, 2.24) is 9.71 Å². The molecule has 0 bridgehead atoms. The van der Waals surface area contributed by atoms with Crippen LogP contribution in [-0.2, 0) is 16.2 Å². The summed E-state index contributed by atoms with van der Waals surface area (Å²) in [6, 6.07) is 8.83. The molecule has 1 heterocycles. The highest BCUT2D eigenvalue weighted by atomic mass is 32.2. The number of nitrogens with zero attached hydrogens (tertiary/aromatic N) is 1. The average molecular weight is 609 g/mol. The number of nitrogens with one attached hydrogen (secondary N) is 1. The van der Waals surface area contributed by atoms with Gasteiger partial charge in [0.15, 0.2) is 13.2 Å². The van der Waals surface area contributed by atoms with Gasteiger partial charge in [-0.1, -0.05) is 18.2 Å². The van der Waals surface area contributed by atoms with E-state index in [1.165, 1.54) is 18.2 Å². The topological polar surface area (TPSA) is 77.5 Å². The zero-order valence-corrected chi connectivity index (χ0v) is 20.9. The predicted octanol–water partition coefficient (Wildman–Crippen LogP) is 6.21. The lowest BCUT2D eigenvalue weighted by Gasteiger charge is -2.16. The Labute approximate surface area is 219 Å². The lowest BCUT2D eigenvalue weighted by Crippen LogP contribution is -2.27. The summed E-state index contributed by atoms with van der Waals surface area (Å²) in [5, 5.41) is 0.371. The molecule has 0 radical (unpaired) electrons. The van der Waals surface area contributed by atoms with Crippen LogP contribution in [0, 0.1) is 0 Å². The number of ether oxygens (including phenoxy) is 2. The van der Waals surface area contributed by atoms with Crippen molar-refractivity contribution in [3.8, 4) is 11.5 Å². The molecule has 3 aromatic rings. The number of sulfonamides is 1. The number of aromatic nitrogens is 1. The van der Waals surface area contributed by atoms with Crippen LogP contribution in [0.4, 0.5) is 39.5 Å². The van der Waals surface area contributed by atoms with Crippen LogP contribution in [0.2, 0.25) is 0 Å². The van der Waals surface area contributed by atoms with Gasteiger partial charge in [0.2, 0.25) is 10.0 Å². The van der Waals surface area contributed by atoms with Gasteiger partial charge in [-0.3, -0.25) is 0 Å². The molecule has 0 saturated heterocycles. The van der Waals surface area contributed by atoms with E-state index in [-0.39, 0.29) is 16.2 Å². The Morgan fingerprint density at radius 1 is 0.846 bits per heavy atom. The summed E-state index contributed by atoms with van der Waals surface area (Å²) in [5.41, 5.74) is -1.11. The Bertz CT molecular complexity index is 1410. The smallest absolute Gasteiger partial charge is 0.433 e. The SMILES string of the molecule is O=S(=O)(NCCSc1cc(C(F)(F)F)nc2ccccc12)c1cc(OCC(F)(F)F)ccc1OCC(F)(F)F. The van der Waals surface area contributed by atoms with Crippen LogP contribution in [0.15, 0.2) is 58.3 Å². The van der Waals surface area contributed by atoms with Crippen molar-refractivity contribution < 1.29 is 57.4 Å². The fourth-order valence-corrected chi connectivity index (χ4v) is 5.32. The van der Waals surface area contributed by atoms with E-state index in [2.05, 4.69) is 19.2 Å². The maximum atomic E-state index is 13.2. The molecule has 0 unspecified atom stereocenters. The van der Waals surface area contributed by atoms with Crippen LogP contribution in [0.1, 0.15) is 5.69 Å². The second-order valence-corrected chi connectivity index (χ2v) is 10.6. The van der Waals surface area contributed by atoms with Crippen molar-refractivity contribution in [2.75, 3.05) is 25.5 Å². The Hall–Kier alpha value is -2.92. The zero-order valence-electron chi connectivity index (χ0n) is 19.2. The summed E-state index contributed by atoms with van der Waals surface area (Å²) in [7, 11) is -4.67. The van der Waals surface area contributed by atoms with E-state index in [1.54, 1.807) is 6.07 Å². The third kappa shape index (κ3) is 9.06. The van der Waals surface area contributed by atoms with Gasteiger partial charge in [0, 0.05) is 28.6 Å². The third-order valence-electron chi connectivity index (χ3n) is 4.62. The van der Waals surface area contributed by atoms with Gasteiger partial charge in [0.1, 0.15) is 22.1 Å². The van der Waals surface area contributed by atoms with Crippen LogP contribution >= 0.6 is 11.8 Å². The van der Waals surface area contributed by atoms with Gasteiger partial charge in [0.25, 0.3) is 0 Å². The third-order valence-corrected chi connectivity index (χ3v) is 7.16. The van der Waals surface area contributed by atoms with Crippen molar-refractivity contribution in [3.63, 3.8) is 0 Å². The number of pyridine rings is 1. The van der Waals surface area contributed by atoms with E-state index in [4.69, 9.17) is 0 Å². The van der Waals surface area contributed by atoms with Crippen molar-refractivity contribution in [1.29, 1.82) is 0 Å². The van der Waals surface area contributed by atoms with Gasteiger partial charge in [-0.05, 0) is 24.3 Å². The lowest BCUT2D eigenvalue weighted by atomic mass is 10.2. The monoisotopic (exact) mass is 608 g/mol. The molecule has 214 valence electrons. The van der Waals surface area contributed by atoms with Gasteiger partial charge in [0.05, 0.1) is 5.52 Å². The second kappa shape index (κ2) is 11.7. The molecule has 3 rings (SSSR count). The Balaban J connectivity index is 1.79. The van der Waals surface area contributed by atoms with Crippen LogP contribution in [0.5, 0.6) is 11.5 Å². The number of rotatable bonds is 10. The molecular weight excluding hydrogens is 591 g/mol. The largest absolute Gasteiger partial charge is 0.484 e. The molecule has 0 atom stereocenters. The molecule has 0 saturated carbocycles. The number of benzene rings is 2. The summed E-state index contributed by atoms with van der Waals surface area (Å²) in [4.78, 5) is 2.79. The molecule has 0 aliphatic rings. The zero-order chi connectivity index (χ0) is 29.1. The van der Waals surface area contributed by atoms with E-state index in [1.807, 2.05) is 0 Å². The average Bonchev–Trinajstić information content (AvgIpc) is 2.82. The molecule has 17 heteroatoms. The normalized spacial score (nSPS) is 13.1. The number of fused-ring (bicyclic) bond motifs is 1. The summed E-state index contributed by atoms with van der Waals surface area (Å²) >= 11 is 0.851. The van der Waals surface area contributed by atoms with Crippen molar-refractivity contribution in [2.24, 2.45) is 0 Å². The first-order valence-electron chi connectivity index (χ1n) is 10.6. The lowest BCUT2D eigenvalue weighted by molar-refractivity contribution is -0.154. The van der Waals surface area contributed by atoms with Crippen LogP contribution in [0.25, 0.3) is 10.9 Å². The first-order valence-corrected chi connectivity index (χ1v) is 13.0. The highest BCUT2D eigenvalue weighted by molar-refractivity contribution is 7.99. The van der Waals surface area contributed by atoms with Crippen molar-refractivity contribution in [2.45, 2.75) is 28.3 Å².